The van der Waals surface area contributed by atoms with Crippen molar-refractivity contribution in [3.63, 3.8) is 0 Å². The molecular weight excluding hydrogens is 335 g/mol. The van der Waals surface area contributed by atoms with Gasteiger partial charge in [-0.15, -0.1) is 0 Å². The first-order valence-electron chi connectivity index (χ1n) is 7.89. The number of hydrogen-bond donors (Lipinski definition) is 0. The molecule has 0 aliphatic heterocycles. The van der Waals surface area contributed by atoms with E-state index in [4.69, 9.17) is 9.15 Å². The summed E-state index contributed by atoms with van der Waals surface area (Å²) in [5.74, 6) is 0.725. The molecule has 0 saturated heterocycles. The second-order valence-corrected chi connectivity index (χ2v) is 5.47. The summed E-state index contributed by atoms with van der Waals surface area (Å²) in [6, 6.07) is 13.1. The predicted octanol–water partition coefficient (Wildman–Crippen LogP) is 4.17. The second kappa shape index (κ2) is 7.65. The van der Waals surface area contributed by atoms with Crippen molar-refractivity contribution in [3.8, 4) is 17.2 Å². The van der Waals surface area contributed by atoms with Crippen LogP contribution in [-0.2, 0) is 4.79 Å². The number of hydrogen-bond acceptors (Lipinski definition) is 4. The van der Waals surface area contributed by atoms with Crippen LogP contribution in [0.1, 0.15) is 5.76 Å². The van der Waals surface area contributed by atoms with Gasteiger partial charge in [0.05, 0.1) is 24.6 Å². The van der Waals surface area contributed by atoms with E-state index in [1.54, 1.807) is 61.8 Å². The summed E-state index contributed by atoms with van der Waals surface area (Å²) >= 11 is 0. The van der Waals surface area contributed by atoms with Crippen LogP contribution in [0.15, 0.2) is 65.2 Å². The average molecular weight is 352 g/mol. The van der Waals surface area contributed by atoms with E-state index in [2.05, 4.69) is 4.98 Å². The van der Waals surface area contributed by atoms with E-state index in [9.17, 15) is 9.18 Å². The Hall–Kier alpha value is -3.41. The number of anilines is 1. The van der Waals surface area contributed by atoms with Crippen molar-refractivity contribution in [2.24, 2.45) is 0 Å². The van der Waals surface area contributed by atoms with Crippen molar-refractivity contribution in [2.45, 2.75) is 0 Å². The number of methoxy groups -OCH3 is 1. The fourth-order valence-electron chi connectivity index (χ4n) is 2.33. The van der Waals surface area contributed by atoms with E-state index >= 15 is 0 Å². The molecule has 5 nitrogen and oxygen atoms in total. The first-order chi connectivity index (χ1) is 12.6. The zero-order chi connectivity index (χ0) is 18.5. The standard InChI is InChI=1S/C20H17FN2O3/c1-23(14-7-11-19(25-2)22-13-14)20(24)12-9-15-8-10-18(26-15)16-5-3-4-6-17(16)21/h3-13H,1-2H3/b12-9+. The van der Waals surface area contributed by atoms with Gasteiger partial charge in [0.25, 0.3) is 5.91 Å². The zero-order valence-electron chi connectivity index (χ0n) is 14.3. The number of carbonyl (C=O) groups excluding carboxylic acids is 1. The number of benzene rings is 1. The highest BCUT2D eigenvalue weighted by atomic mass is 19.1. The summed E-state index contributed by atoms with van der Waals surface area (Å²) in [5.41, 5.74) is 1.01. The van der Waals surface area contributed by atoms with Crippen molar-refractivity contribution >= 4 is 17.7 Å². The topological polar surface area (TPSA) is 55.6 Å². The average Bonchev–Trinajstić information content (AvgIpc) is 3.14. The van der Waals surface area contributed by atoms with Gasteiger partial charge in [-0.3, -0.25) is 4.79 Å². The minimum atomic E-state index is -0.361. The summed E-state index contributed by atoms with van der Waals surface area (Å²) in [4.78, 5) is 17.8. The molecule has 0 spiro atoms. The van der Waals surface area contributed by atoms with Crippen LogP contribution in [-0.4, -0.2) is 25.0 Å². The smallest absolute Gasteiger partial charge is 0.250 e. The molecule has 132 valence electrons. The van der Waals surface area contributed by atoms with Gasteiger partial charge < -0.3 is 14.1 Å². The SMILES string of the molecule is COc1ccc(N(C)C(=O)/C=C/c2ccc(-c3ccccc3F)o2)cn1. The van der Waals surface area contributed by atoms with Gasteiger partial charge in [0.15, 0.2) is 0 Å². The number of rotatable bonds is 5. The molecule has 3 rings (SSSR count). The van der Waals surface area contributed by atoms with Crippen molar-refractivity contribution in [3.05, 3.63) is 72.4 Å². The lowest BCUT2D eigenvalue weighted by molar-refractivity contribution is -0.113. The highest BCUT2D eigenvalue weighted by Gasteiger charge is 2.10. The number of halogens is 1. The van der Waals surface area contributed by atoms with E-state index in [1.807, 2.05) is 0 Å². The molecule has 0 N–H and O–H groups in total. The number of carbonyl (C=O) groups is 1. The minimum Gasteiger partial charge on any atom is -0.481 e. The number of amides is 1. The van der Waals surface area contributed by atoms with Crippen molar-refractivity contribution in [1.29, 1.82) is 0 Å². The summed E-state index contributed by atoms with van der Waals surface area (Å²) in [6.07, 6.45) is 4.47. The maximum absolute atomic E-state index is 13.8. The fourth-order valence-corrected chi connectivity index (χ4v) is 2.33. The molecule has 1 aromatic carbocycles. The molecule has 0 aliphatic carbocycles. The quantitative estimate of drug-likeness (QED) is 0.647. The third kappa shape index (κ3) is 3.80. The van der Waals surface area contributed by atoms with Crippen LogP contribution < -0.4 is 9.64 Å². The van der Waals surface area contributed by atoms with Gasteiger partial charge in [0.2, 0.25) is 5.88 Å². The molecule has 0 saturated carbocycles. The molecular formula is C20H17FN2O3. The maximum atomic E-state index is 13.8. The third-order valence-electron chi connectivity index (χ3n) is 3.80. The van der Waals surface area contributed by atoms with Crippen molar-refractivity contribution in [1.82, 2.24) is 4.98 Å². The number of pyridine rings is 1. The van der Waals surface area contributed by atoms with Gasteiger partial charge >= 0.3 is 0 Å². The Bertz CT molecular complexity index is 932. The number of likely N-dealkylation sites (N-methyl/N-ethyl adjacent to an activating group) is 1. The molecule has 0 bridgehead atoms. The monoisotopic (exact) mass is 352 g/mol. The zero-order valence-corrected chi connectivity index (χ0v) is 14.3. The van der Waals surface area contributed by atoms with E-state index in [-0.39, 0.29) is 11.7 Å². The summed E-state index contributed by atoms with van der Waals surface area (Å²) in [5, 5.41) is 0. The van der Waals surface area contributed by atoms with Crippen molar-refractivity contribution < 1.29 is 18.3 Å². The fraction of sp³-hybridized carbons (Fsp3) is 0.100. The number of aromatic nitrogens is 1. The Labute approximate surface area is 150 Å². The summed E-state index contributed by atoms with van der Waals surface area (Å²) < 4.78 is 24.4. The van der Waals surface area contributed by atoms with E-state index in [0.717, 1.165) is 0 Å². The largest absolute Gasteiger partial charge is 0.481 e. The normalized spacial score (nSPS) is 10.9. The molecule has 6 heteroatoms. The van der Waals surface area contributed by atoms with Gasteiger partial charge in [0.1, 0.15) is 17.3 Å². The van der Waals surface area contributed by atoms with Crippen LogP contribution in [0.5, 0.6) is 5.88 Å². The van der Waals surface area contributed by atoms with Crippen LogP contribution in [0.4, 0.5) is 10.1 Å². The van der Waals surface area contributed by atoms with Crippen LogP contribution in [0.3, 0.4) is 0 Å². The highest BCUT2D eigenvalue weighted by molar-refractivity contribution is 6.03. The number of furan rings is 1. The minimum absolute atomic E-state index is 0.249. The molecule has 0 unspecified atom stereocenters. The molecule has 2 aromatic heterocycles. The molecule has 3 aromatic rings. The first-order valence-corrected chi connectivity index (χ1v) is 7.89. The van der Waals surface area contributed by atoms with E-state index in [1.165, 1.54) is 24.2 Å². The Morgan fingerprint density at radius 1 is 1.19 bits per heavy atom. The van der Waals surface area contributed by atoms with Gasteiger partial charge in [-0.1, -0.05) is 12.1 Å². The van der Waals surface area contributed by atoms with Crippen LogP contribution in [0.25, 0.3) is 17.4 Å². The number of ether oxygens (including phenoxy) is 1. The Kier molecular flexibility index (Phi) is 5.12. The first kappa shape index (κ1) is 17.4. The second-order valence-electron chi connectivity index (χ2n) is 5.47. The molecule has 0 atom stereocenters. The molecule has 0 aliphatic rings. The molecule has 0 radical (unpaired) electrons. The van der Waals surface area contributed by atoms with Gasteiger partial charge in [-0.2, -0.15) is 0 Å². The highest BCUT2D eigenvalue weighted by Crippen LogP contribution is 2.25. The summed E-state index contributed by atoms with van der Waals surface area (Å²) in [7, 11) is 3.17. The van der Waals surface area contributed by atoms with Crippen LogP contribution in [0, 0.1) is 5.82 Å². The van der Waals surface area contributed by atoms with E-state index in [0.29, 0.717) is 28.7 Å². The molecule has 2 heterocycles. The Balaban J connectivity index is 1.71. The maximum Gasteiger partial charge on any atom is 0.250 e. The van der Waals surface area contributed by atoms with Crippen molar-refractivity contribution in [2.75, 3.05) is 19.1 Å². The van der Waals surface area contributed by atoms with Gasteiger partial charge in [-0.05, 0) is 36.4 Å². The lowest BCUT2D eigenvalue weighted by Gasteiger charge is -2.14. The molecule has 1 amide bonds. The van der Waals surface area contributed by atoms with Crippen LogP contribution >= 0.6 is 0 Å². The van der Waals surface area contributed by atoms with Gasteiger partial charge in [-0.25, -0.2) is 9.37 Å². The molecule has 26 heavy (non-hydrogen) atoms. The lowest BCUT2D eigenvalue weighted by Crippen LogP contribution is -2.23. The third-order valence-corrected chi connectivity index (χ3v) is 3.80. The lowest BCUT2D eigenvalue weighted by atomic mass is 10.1. The van der Waals surface area contributed by atoms with Crippen LogP contribution in [0.2, 0.25) is 0 Å². The summed E-state index contributed by atoms with van der Waals surface area (Å²) in [6.45, 7) is 0. The van der Waals surface area contributed by atoms with Gasteiger partial charge in [0, 0.05) is 19.2 Å². The van der Waals surface area contributed by atoms with E-state index < -0.39 is 0 Å². The Morgan fingerprint density at radius 3 is 2.69 bits per heavy atom. The Morgan fingerprint density at radius 2 is 2.00 bits per heavy atom. The number of nitrogens with zero attached hydrogens (tertiary/aromatic N) is 2. The molecule has 0 fully saturated rings. The predicted molar refractivity (Wildman–Crippen MR) is 97.3 cm³/mol.